The van der Waals surface area contributed by atoms with Gasteiger partial charge < -0.3 is 0 Å². The van der Waals surface area contributed by atoms with Crippen molar-refractivity contribution in [2.45, 2.75) is 19.7 Å². The number of hydrogen-bond acceptors (Lipinski definition) is 1. The Bertz CT molecular complexity index is 840. The molecule has 0 spiro atoms. The van der Waals surface area contributed by atoms with E-state index in [1.807, 2.05) is 29.7 Å². The summed E-state index contributed by atoms with van der Waals surface area (Å²) in [4.78, 5) is 4.41. The third kappa shape index (κ3) is 2.41. The first kappa shape index (κ1) is 14.4. The molecule has 1 aromatic heterocycles. The lowest BCUT2D eigenvalue weighted by atomic mass is 10.2. The minimum atomic E-state index is -0.275. The number of hydrogen-bond donors (Lipinski definition) is 0. The molecule has 0 aliphatic heterocycles. The third-order valence-electron chi connectivity index (χ3n) is 3.47. The van der Waals surface area contributed by atoms with E-state index < -0.39 is 0 Å². The molecule has 0 fully saturated rings. The average molecular weight is 323 g/mol. The van der Waals surface area contributed by atoms with Gasteiger partial charge in [-0.25, -0.2) is 9.37 Å². The van der Waals surface area contributed by atoms with Gasteiger partial charge in [0.2, 0.25) is 0 Å². The molecular formula is C16H13Cl2FN2. The monoisotopic (exact) mass is 322 g/mol. The molecule has 0 saturated heterocycles. The van der Waals surface area contributed by atoms with E-state index in [4.69, 9.17) is 23.2 Å². The zero-order valence-electron chi connectivity index (χ0n) is 11.6. The summed E-state index contributed by atoms with van der Waals surface area (Å²) in [6.45, 7) is 3.70. The van der Waals surface area contributed by atoms with Crippen molar-refractivity contribution in [3.05, 3.63) is 58.1 Å². The van der Waals surface area contributed by atoms with E-state index in [1.54, 1.807) is 13.0 Å². The molecular weight excluding hydrogens is 310 g/mol. The van der Waals surface area contributed by atoms with Crippen molar-refractivity contribution in [2.24, 2.45) is 0 Å². The van der Waals surface area contributed by atoms with Crippen LogP contribution in [0.25, 0.3) is 16.7 Å². The summed E-state index contributed by atoms with van der Waals surface area (Å²) in [5.74, 6) is 0.588. The maximum atomic E-state index is 13.7. The Hall–Kier alpha value is -1.58. The van der Waals surface area contributed by atoms with E-state index >= 15 is 0 Å². The van der Waals surface area contributed by atoms with Crippen LogP contribution >= 0.6 is 23.2 Å². The summed E-state index contributed by atoms with van der Waals surface area (Å²) < 4.78 is 15.6. The summed E-state index contributed by atoms with van der Waals surface area (Å²) in [6, 6.07) is 8.98. The van der Waals surface area contributed by atoms with Gasteiger partial charge in [0.15, 0.2) is 0 Å². The number of alkyl halides is 1. The number of aryl methyl sites for hydroxylation is 2. The van der Waals surface area contributed by atoms with Crippen LogP contribution in [0.3, 0.4) is 0 Å². The predicted molar refractivity (Wildman–Crippen MR) is 85.1 cm³/mol. The molecule has 0 aliphatic rings. The Morgan fingerprint density at radius 2 is 1.95 bits per heavy atom. The van der Waals surface area contributed by atoms with Gasteiger partial charge >= 0.3 is 0 Å². The Kier molecular flexibility index (Phi) is 3.64. The number of nitrogens with zero attached hydrogens (tertiary/aromatic N) is 2. The van der Waals surface area contributed by atoms with E-state index in [1.165, 1.54) is 6.07 Å². The second kappa shape index (κ2) is 5.32. The molecule has 0 unspecified atom stereocenters. The van der Waals surface area contributed by atoms with Crippen LogP contribution < -0.4 is 0 Å². The minimum Gasteiger partial charge on any atom is -0.294 e. The smallest absolute Gasteiger partial charge is 0.129 e. The van der Waals surface area contributed by atoms with Crippen molar-refractivity contribution in [3.8, 4) is 5.69 Å². The number of imidazole rings is 1. The highest BCUT2D eigenvalue weighted by molar-refractivity contribution is 6.32. The quantitative estimate of drug-likeness (QED) is 0.595. The van der Waals surface area contributed by atoms with Crippen LogP contribution in [0.5, 0.6) is 0 Å². The van der Waals surface area contributed by atoms with Gasteiger partial charge in [0, 0.05) is 6.07 Å². The van der Waals surface area contributed by atoms with Gasteiger partial charge in [-0.3, -0.25) is 4.57 Å². The SMILES string of the molecule is Cc1ccc(-n2c(CCl)nc3cc(F)c(C)cc32)c(Cl)c1. The first-order valence-corrected chi connectivity index (χ1v) is 7.42. The highest BCUT2D eigenvalue weighted by Crippen LogP contribution is 2.29. The lowest BCUT2D eigenvalue weighted by Gasteiger charge is -2.11. The first-order valence-electron chi connectivity index (χ1n) is 6.51. The number of halogens is 3. The van der Waals surface area contributed by atoms with E-state index in [-0.39, 0.29) is 11.7 Å². The molecule has 0 atom stereocenters. The lowest BCUT2D eigenvalue weighted by molar-refractivity contribution is 0.620. The molecule has 3 rings (SSSR count). The van der Waals surface area contributed by atoms with Crippen LogP contribution in [0.1, 0.15) is 17.0 Å². The fourth-order valence-electron chi connectivity index (χ4n) is 2.40. The Balaban J connectivity index is 2.37. The topological polar surface area (TPSA) is 17.8 Å². The fraction of sp³-hybridized carbons (Fsp3) is 0.188. The van der Waals surface area contributed by atoms with Gasteiger partial charge in [0.25, 0.3) is 0 Å². The molecule has 5 heteroatoms. The van der Waals surface area contributed by atoms with Crippen LogP contribution in [0.15, 0.2) is 30.3 Å². The Morgan fingerprint density at radius 3 is 2.62 bits per heavy atom. The Labute approximate surface area is 132 Å². The van der Waals surface area contributed by atoms with Gasteiger partial charge in [-0.2, -0.15) is 0 Å². The third-order valence-corrected chi connectivity index (χ3v) is 4.01. The summed E-state index contributed by atoms with van der Waals surface area (Å²) in [7, 11) is 0. The molecule has 21 heavy (non-hydrogen) atoms. The number of aromatic nitrogens is 2. The van der Waals surface area contributed by atoms with Gasteiger partial charge in [-0.05, 0) is 43.2 Å². The van der Waals surface area contributed by atoms with Crippen molar-refractivity contribution < 1.29 is 4.39 Å². The van der Waals surface area contributed by atoms with E-state index in [2.05, 4.69) is 4.98 Å². The number of rotatable bonds is 2. The van der Waals surface area contributed by atoms with E-state index in [9.17, 15) is 4.39 Å². The summed E-state index contributed by atoms with van der Waals surface area (Å²) >= 11 is 12.4. The van der Waals surface area contributed by atoms with E-state index in [0.29, 0.717) is 21.9 Å². The van der Waals surface area contributed by atoms with Gasteiger partial charge in [-0.15, -0.1) is 11.6 Å². The van der Waals surface area contributed by atoms with Crippen molar-refractivity contribution in [1.82, 2.24) is 9.55 Å². The summed E-state index contributed by atoms with van der Waals surface area (Å²) in [6.07, 6.45) is 0. The van der Waals surface area contributed by atoms with E-state index in [0.717, 1.165) is 16.8 Å². The standard InChI is InChI=1S/C16H13Cl2FN2/c1-9-3-4-14(11(18)5-9)21-15-6-10(2)12(19)7-13(15)20-16(21)8-17/h3-7H,8H2,1-2H3. The lowest BCUT2D eigenvalue weighted by Crippen LogP contribution is -2.00. The highest BCUT2D eigenvalue weighted by Gasteiger charge is 2.15. The van der Waals surface area contributed by atoms with Crippen LogP contribution in [0, 0.1) is 19.7 Å². The largest absolute Gasteiger partial charge is 0.294 e. The molecule has 0 aliphatic carbocycles. The second-order valence-electron chi connectivity index (χ2n) is 5.04. The summed E-state index contributed by atoms with van der Waals surface area (Å²) in [5.41, 5.74) is 3.81. The zero-order chi connectivity index (χ0) is 15.1. The maximum Gasteiger partial charge on any atom is 0.129 e. The van der Waals surface area contributed by atoms with Crippen LogP contribution in [-0.4, -0.2) is 9.55 Å². The molecule has 108 valence electrons. The van der Waals surface area contributed by atoms with Crippen LogP contribution in [0.2, 0.25) is 5.02 Å². The second-order valence-corrected chi connectivity index (χ2v) is 5.72. The highest BCUT2D eigenvalue weighted by atomic mass is 35.5. The van der Waals surface area contributed by atoms with Gasteiger partial charge in [0.1, 0.15) is 11.6 Å². The first-order chi connectivity index (χ1) is 10.0. The number of fused-ring (bicyclic) bond motifs is 1. The molecule has 0 saturated carbocycles. The summed E-state index contributed by atoms with van der Waals surface area (Å²) in [5, 5.41) is 0.614. The molecule has 0 bridgehead atoms. The molecule has 0 radical (unpaired) electrons. The number of benzene rings is 2. The van der Waals surface area contributed by atoms with Gasteiger partial charge in [0.05, 0.1) is 27.6 Å². The van der Waals surface area contributed by atoms with Crippen molar-refractivity contribution >= 4 is 34.2 Å². The van der Waals surface area contributed by atoms with Crippen LogP contribution in [0.4, 0.5) is 4.39 Å². The molecule has 0 amide bonds. The molecule has 2 aromatic carbocycles. The molecule has 1 heterocycles. The molecule has 2 nitrogen and oxygen atoms in total. The Morgan fingerprint density at radius 1 is 1.19 bits per heavy atom. The zero-order valence-corrected chi connectivity index (χ0v) is 13.1. The van der Waals surface area contributed by atoms with Gasteiger partial charge in [-0.1, -0.05) is 17.7 Å². The normalized spacial score (nSPS) is 11.3. The van der Waals surface area contributed by atoms with Crippen molar-refractivity contribution in [3.63, 3.8) is 0 Å². The maximum absolute atomic E-state index is 13.7. The molecule has 0 N–H and O–H groups in total. The van der Waals surface area contributed by atoms with Crippen LogP contribution in [-0.2, 0) is 5.88 Å². The van der Waals surface area contributed by atoms with Crippen molar-refractivity contribution in [1.29, 1.82) is 0 Å². The molecule has 3 aromatic rings. The minimum absolute atomic E-state index is 0.222. The fourth-order valence-corrected chi connectivity index (χ4v) is 2.90. The average Bonchev–Trinajstić information content (AvgIpc) is 2.77. The predicted octanol–water partition coefficient (Wildman–Crippen LogP) is 5.17. The van der Waals surface area contributed by atoms with Crippen molar-refractivity contribution in [2.75, 3.05) is 0 Å².